The summed E-state index contributed by atoms with van der Waals surface area (Å²) in [5.74, 6) is -2.64. The minimum atomic E-state index is -1.14. The maximum atomic E-state index is 12.5. The minimum absolute atomic E-state index is 0.0302. The van der Waals surface area contributed by atoms with E-state index in [2.05, 4.69) is 12.2 Å². The summed E-state index contributed by atoms with van der Waals surface area (Å²) < 4.78 is 18.0. The highest BCUT2D eigenvalue weighted by Crippen LogP contribution is 2.60. The van der Waals surface area contributed by atoms with Gasteiger partial charge in [0.05, 0.1) is 6.42 Å². The number of hydrogen-bond donors (Lipinski definition) is 2. The van der Waals surface area contributed by atoms with Gasteiger partial charge >= 0.3 is 11.9 Å². The van der Waals surface area contributed by atoms with Crippen molar-refractivity contribution in [1.82, 2.24) is 5.32 Å². The predicted molar refractivity (Wildman–Crippen MR) is 107 cm³/mol. The highest BCUT2D eigenvalue weighted by Gasteiger charge is 2.69. The van der Waals surface area contributed by atoms with Crippen molar-refractivity contribution in [3.63, 3.8) is 0 Å². The van der Waals surface area contributed by atoms with E-state index in [1.807, 2.05) is 13.8 Å². The Morgan fingerprint density at radius 2 is 1.88 bits per heavy atom. The molecule has 2 bridgehead atoms. The van der Waals surface area contributed by atoms with Crippen molar-refractivity contribution < 1.29 is 43.5 Å². The molecule has 5 fully saturated rings. The summed E-state index contributed by atoms with van der Waals surface area (Å²) in [4.78, 5) is 47.0. The number of carboxylic acid groups (broad SMARTS) is 1. The molecule has 0 aromatic carbocycles. The minimum Gasteiger partial charge on any atom is -0.480 e. The first kappa shape index (κ1) is 23.4. The topological polar surface area (TPSA) is 130 Å². The molecule has 1 saturated carbocycles. The van der Waals surface area contributed by atoms with Gasteiger partial charge in [-0.05, 0) is 44.9 Å². The van der Waals surface area contributed by atoms with Gasteiger partial charge in [0.15, 0.2) is 11.9 Å². The second-order valence-corrected chi connectivity index (χ2v) is 9.89. The third-order valence-electron chi connectivity index (χ3n) is 7.65. The van der Waals surface area contributed by atoms with Crippen molar-refractivity contribution in [2.45, 2.75) is 96.2 Å². The number of ether oxygens (including phenoxy) is 3. The largest absolute Gasteiger partial charge is 0.480 e. The van der Waals surface area contributed by atoms with E-state index in [1.54, 1.807) is 0 Å². The van der Waals surface area contributed by atoms with E-state index in [9.17, 15) is 14.4 Å². The zero-order chi connectivity index (χ0) is 23.3. The summed E-state index contributed by atoms with van der Waals surface area (Å²) in [7, 11) is 0. The Morgan fingerprint density at radius 1 is 1.12 bits per heavy atom. The average Bonchev–Trinajstić information content (AvgIpc) is 2.96. The van der Waals surface area contributed by atoms with E-state index in [0.29, 0.717) is 12.3 Å². The number of fused-ring (bicyclic) bond motifs is 2. The number of carbonyl (C=O) groups is 3. The molecular weight excluding hydrogens is 422 g/mol. The molecule has 4 saturated heterocycles. The first-order valence-electron chi connectivity index (χ1n) is 11.5. The van der Waals surface area contributed by atoms with Crippen molar-refractivity contribution in [2.75, 3.05) is 0 Å². The number of hydrogen-bond acceptors (Lipinski definition) is 8. The predicted octanol–water partition coefficient (Wildman–Crippen LogP) is 2.11. The van der Waals surface area contributed by atoms with Crippen molar-refractivity contribution in [2.24, 2.45) is 23.7 Å². The molecule has 10 heteroatoms. The fraction of sp³-hybridized carbons (Fsp3) is 0.864. The van der Waals surface area contributed by atoms with Gasteiger partial charge in [-0.15, -0.1) is 0 Å². The van der Waals surface area contributed by atoms with Crippen LogP contribution in [-0.4, -0.2) is 53.0 Å². The Kier molecular flexibility index (Phi) is 6.26. The van der Waals surface area contributed by atoms with E-state index in [4.69, 9.17) is 29.1 Å². The normalized spacial score (nSPS) is 43.5. The van der Waals surface area contributed by atoms with Gasteiger partial charge in [0.25, 0.3) is 0 Å². The van der Waals surface area contributed by atoms with Crippen LogP contribution in [0.2, 0.25) is 0 Å². The molecular formula is C22H33NO9. The van der Waals surface area contributed by atoms with Crippen LogP contribution in [0.1, 0.15) is 66.2 Å². The van der Waals surface area contributed by atoms with Crippen LogP contribution in [-0.2, 0) is 38.4 Å². The van der Waals surface area contributed by atoms with Gasteiger partial charge in [-0.2, -0.15) is 0 Å². The lowest BCUT2D eigenvalue weighted by atomic mass is 9.58. The smallest absolute Gasteiger partial charge is 0.325 e. The molecule has 32 heavy (non-hydrogen) atoms. The molecule has 5 rings (SSSR count). The molecule has 0 radical (unpaired) electrons. The lowest BCUT2D eigenvalue weighted by Crippen LogP contribution is -2.70. The van der Waals surface area contributed by atoms with Crippen LogP contribution < -0.4 is 5.32 Å². The summed E-state index contributed by atoms with van der Waals surface area (Å²) in [6.07, 6.45) is 1.64. The third-order valence-corrected chi connectivity index (χ3v) is 7.65. The van der Waals surface area contributed by atoms with Gasteiger partial charge in [0, 0.05) is 24.7 Å². The second-order valence-electron chi connectivity index (χ2n) is 9.89. The quantitative estimate of drug-likeness (QED) is 0.457. The van der Waals surface area contributed by atoms with E-state index in [1.165, 1.54) is 6.92 Å². The van der Waals surface area contributed by atoms with E-state index in [-0.39, 0.29) is 30.6 Å². The highest BCUT2D eigenvalue weighted by atomic mass is 17.3. The third kappa shape index (κ3) is 4.02. The van der Waals surface area contributed by atoms with Crippen LogP contribution in [0.15, 0.2) is 0 Å². The fourth-order valence-corrected chi connectivity index (χ4v) is 5.79. The van der Waals surface area contributed by atoms with Crippen LogP contribution in [0.3, 0.4) is 0 Å². The lowest BCUT2D eigenvalue weighted by molar-refractivity contribution is -0.576. The number of nitrogens with one attached hydrogen (secondary N) is 1. The average molecular weight is 456 g/mol. The molecule has 1 spiro atoms. The van der Waals surface area contributed by atoms with Gasteiger partial charge in [-0.25, -0.2) is 9.78 Å². The van der Waals surface area contributed by atoms with Crippen LogP contribution in [0, 0.1) is 23.7 Å². The van der Waals surface area contributed by atoms with E-state index >= 15 is 0 Å². The molecule has 10 nitrogen and oxygen atoms in total. The molecule has 1 amide bonds. The SMILES string of the molecule is CC(NC(=O)CCC(=O)O[C@@H]1O[C@@H]2O[C@@]3(C)CC[C@H]4[C@H](C)CC[C@@H]([C@H]1C)[C@@]24OO3)C(=O)O. The standard InChI is InChI=1S/C22H33NO9/c1-11-5-6-15-12(2)19(28-17(25)8-7-16(24)23-13(3)18(26)27)29-20-22(15)14(11)9-10-21(4,30-20)31-32-22/h11-15,19-20H,5-10H2,1-4H3,(H,23,24)(H,26,27)/t11-,12-,13?,14+,15+,19-,20-,21-,22-/m1/s1. The Bertz CT molecular complexity index is 775. The fourth-order valence-electron chi connectivity index (χ4n) is 5.79. The van der Waals surface area contributed by atoms with Gasteiger partial charge in [-0.1, -0.05) is 13.8 Å². The zero-order valence-corrected chi connectivity index (χ0v) is 19.0. The number of aliphatic carboxylic acids is 1. The van der Waals surface area contributed by atoms with Gasteiger partial charge in [-0.3, -0.25) is 14.4 Å². The molecule has 1 aliphatic carbocycles. The van der Waals surface area contributed by atoms with Crippen LogP contribution in [0.5, 0.6) is 0 Å². The van der Waals surface area contributed by atoms with Gasteiger partial charge in [0.1, 0.15) is 6.04 Å². The highest BCUT2D eigenvalue weighted by molar-refractivity contribution is 5.85. The van der Waals surface area contributed by atoms with Crippen molar-refractivity contribution >= 4 is 17.8 Å². The number of carbonyl (C=O) groups excluding carboxylic acids is 2. The summed E-state index contributed by atoms with van der Waals surface area (Å²) in [5, 5.41) is 11.2. The Balaban J connectivity index is 1.42. The molecule has 0 aromatic heterocycles. The Morgan fingerprint density at radius 3 is 2.59 bits per heavy atom. The zero-order valence-electron chi connectivity index (χ0n) is 19.0. The maximum absolute atomic E-state index is 12.5. The molecule has 2 N–H and O–H groups in total. The number of rotatable bonds is 6. The lowest BCUT2D eigenvalue weighted by Gasteiger charge is -2.59. The second kappa shape index (κ2) is 8.55. The van der Waals surface area contributed by atoms with Gasteiger partial charge in [0.2, 0.25) is 18.0 Å². The monoisotopic (exact) mass is 455 g/mol. The molecule has 180 valence electrons. The summed E-state index contributed by atoms with van der Waals surface area (Å²) in [6, 6.07) is -1.02. The van der Waals surface area contributed by atoms with Crippen LogP contribution >= 0.6 is 0 Å². The van der Waals surface area contributed by atoms with E-state index < -0.39 is 47.9 Å². The molecule has 4 aliphatic heterocycles. The van der Waals surface area contributed by atoms with Crippen LogP contribution in [0.25, 0.3) is 0 Å². The van der Waals surface area contributed by atoms with E-state index in [0.717, 1.165) is 19.3 Å². The van der Waals surface area contributed by atoms with Crippen molar-refractivity contribution in [3.8, 4) is 0 Å². The summed E-state index contributed by atoms with van der Waals surface area (Å²) in [6.45, 7) is 7.39. The number of esters is 1. The number of amides is 1. The molecule has 9 atom stereocenters. The molecule has 1 unspecified atom stereocenters. The Labute approximate surface area is 187 Å². The maximum Gasteiger partial charge on any atom is 0.325 e. The van der Waals surface area contributed by atoms with Crippen molar-refractivity contribution in [3.05, 3.63) is 0 Å². The molecule has 0 aromatic rings. The first-order valence-corrected chi connectivity index (χ1v) is 11.5. The first-order chi connectivity index (χ1) is 15.1. The molecule has 4 heterocycles. The number of carboxylic acids is 1. The van der Waals surface area contributed by atoms with Crippen LogP contribution in [0.4, 0.5) is 0 Å². The Hall–Kier alpha value is -1.75. The summed E-state index contributed by atoms with van der Waals surface area (Å²) >= 11 is 0. The molecule has 5 aliphatic rings. The van der Waals surface area contributed by atoms with Gasteiger partial charge < -0.3 is 24.6 Å². The summed E-state index contributed by atoms with van der Waals surface area (Å²) in [5.41, 5.74) is -0.733. The van der Waals surface area contributed by atoms with Crippen molar-refractivity contribution in [1.29, 1.82) is 0 Å².